The van der Waals surface area contributed by atoms with E-state index < -0.39 is 0 Å². The minimum Gasteiger partial charge on any atom is -0.343 e. The molecule has 194 valence electrons. The number of nitrogens with zero attached hydrogens (tertiary/aromatic N) is 7. The molecule has 0 aromatic carbocycles. The summed E-state index contributed by atoms with van der Waals surface area (Å²) in [5, 5.41) is 4.02. The van der Waals surface area contributed by atoms with Gasteiger partial charge in [-0.3, -0.25) is 14.5 Å². The number of fused-ring (bicyclic) bond motifs is 3. The number of rotatable bonds is 5. The van der Waals surface area contributed by atoms with Crippen LogP contribution in [0.1, 0.15) is 65.4 Å². The maximum atomic E-state index is 13.1. The van der Waals surface area contributed by atoms with Crippen molar-refractivity contribution in [2.45, 2.75) is 56.7 Å². The van der Waals surface area contributed by atoms with Crippen LogP contribution >= 0.6 is 0 Å². The average molecular weight is 503 g/mol. The molecular weight excluding hydrogens is 468 g/mol. The molecule has 5 heterocycles. The lowest BCUT2D eigenvalue weighted by molar-refractivity contribution is 0.0523. The number of amides is 2. The number of carbonyl (C=O) groups excluding carboxylic acids is 2. The van der Waals surface area contributed by atoms with E-state index in [9.17, 15) is 9.59 Å². The van der Waals surface area contributed by atoms with Crippen molar-refractivity contribution in [3.8, 4) is 0 Å². The molecule has 37 heavy (non-hydrogen) atoms. The Balaban J connectivity index is 1.22. The Labute approximate surface area is 216 Å². The first-order chi connectivity index (χ1) is 17.9. The molecular formula is C27H34N8O2. The first-order valence-electron chi connectivity index (χ1n) is 13.2. The van der Waals surface area contributed by atoms with Gasteiger partial charge in [0.05, 0.1) is 5.56 Å². The second-order valence-electron chi connectivity index (χ2n) is 10.8. The molecule has 10 heteroatoms. The van der Waals surface area contributed by atoms with Crippen molar-refractivity contribution in [3.63, 3.8) is 0 Å². The number of pyridine rings is 1. The van der Waals surface area contributed by atoms with E-state index in [-0.39, 0.29) is 17.9 Å². The van der Waals surface area contributed by atoms with Crippen molar-refractivity contribution in [3.05, 3.63) is 41.9 Å². The van der Waals surface area contributed by atoms with Crippen LogP contribution in [0.15, 0.2) is 30.6 Å². The lowest BCUT2D eigenvalue weighted by Gasteiger charge is -2.38. The Hall–Kier alpha value is -3.53. The van der Waals surface area contributed by atoms with Crippen LogP contribution in [0.4, 0.5) is 11.8 Å². The predicted molar refractivity (Wildman–Crippen MR) is 141 cm³/mol. The van der Waals surface area contributed by atoms with Gasteiger partial charge in [-0.15, -0.1) is 0 Å². The van der Waals surface area contributed by atoms with Gasteiger partial charge in [-0.25, -0.2) is 9.97 Å². The van der Waals surface area contributed by atoms with E-state index in [1.54, 1.807) is 37.5 Å². The quantitative estimate of drug-likeness (QED) is 0.571. The second kappa shape index (κ2) is 9.41. The molecule has 1 unspecified atom stereocenters. The first-order valence-corrected chi connectivity index (χ1v) is 13.2. The van der Waals surface area contributed by atoms with E-state index in [0.717, 1.165) is 62.6 Å². The SMILES string of the molecule is CN(C)C(=O)c1cc2cnc(Nc3ccc(C(=O)N4CC5CC[C@H](C4)N5C)cn3)nc2n1C1CCCC1. The Kier molecular flexibility index (Phi) is 6.06. The highest BCUT2D eigenvalue weighted by atomic mass is 16.2. The second-order valence-corrected chi connectivity index (χ2v) is 10.8. The molecule has 3 aromatic rings. The van der Waals surface area contributed by atoms with Crippen molar-refractivity contribution >= 4 is 34.6 Å². The highest BCUT2D eigenvalue weighted by Crippen LogP contribution is 2.35. The monoisotopic (exact) mass is 502 g/mol. The summed E-state index contributed by atoms with van der Waals surface area (Å²) in [5.74, 6) is 0.984. The van der Waals surface area contributed by atoms with E-state index in [1.165, 1.54) is 0 Å². The number of anilines is 2. The van der Waals surface area contributed by atoms with E-state index in [4.69, 9.17) is 4.98 Å². The van der Waals surface area contributed by atoms with E-state index in [2.05, 4.69) is 31.8 Å². The normalized spacial score (nSPS) is 22.1. The maximum Gasteiger partial charge on any atom is 0.270 e. The number of likely N-dealkylation sites (tertiary alicyclic amines) is 1. The fourth-order valence-corrected chi connectivity index (χ4v) is 6.16. The van der Waals surface area contributed by atoms with Gasteiger partial charge < -0.3 is 19.7 Å². The highest BCUT2D eigenvalue weighted by molar-refractivity contribution is 5.98. The summed E-state index contributed by atoms with van der Waals surface area (Å²) >= 11 is 0. The van der Waals surface area contributed by atoms with Crippen molar-refractivity contribution in [2.24, 2.45) is 0 Å². The van der Waals surface area contributed by atoms with Gasteiger partial charge in [0.2, 0.25) is 5.95 Å². The van der Waals surface area contributed by atoms with Crippen molar-refractivity contribution in [1.29, 1.82) is 0 Å². The molecule has 2 saturated heterocycles. The Morgan fingerprint density at radius 1 is 0.973 bits per heavy atom. The number of likely N-dealkylation sites (N-methyl/N-ethyl adjacent to an activating group) is 1. The summed E-state index contributed by atoms with van der Waals surface area (Å²) in [6.07, 6.45) is 10.1. The lowest BCUT2D eigenvalue weighted by Crippen LogP contribution is -2.53. The van der Waals surface area contributed by atoms with Gasteiger partial charge in [0.15, 0.2) is 0 Å². The minimum absolute atomic E-state index is 0.0327. The average Bonchev–Trinajstić information content (AvgIpc) is 3.59. The Morgan fingerprint density at radius 3 is 2.35 bits per heavy atom. The number of piperazine rings is 1. The first kappa shape index (κ1) is 23.8. The zero-order valence-corrected chi connectivity index (χ0v) is 21.7. The largest absolute Gasteiger partial charge is 0.343 e. The van der Waals surface area contributed by atoms with Crippen LogP contribution in [0.25, 0.3) is 11.0 Å². The summed E-state index contributed by atoms with van der Waals surface area (Å²) in [6, 6.07) is 6.67. The molecule has 3 aromatic heterocycles. The minimum atomic E-state index is -0.0327. The number of carbonyl (C=O) groups is 2. The maximum absolute atomic E-state index is 13.1. The fraction of sp³-hybridized carbons (Fsp3) is 0.519. The van der Waals surface area contributed by atoms with E-state index >= 15 is 0 Å². The third-order valence-electron chi connectivity index (χ3n) is 8.28. The molecule has 2 amide bonds. The third-order valence-corrected chi connectivity index (χ3v) is 8.28. The van der Waals surface area contributed by atoms with Gasteiger partial charge >= 0.3 is 0 Å². The molecule has 3 aliphatic rings. The number of hydrogen-bond donors (Lipinski definition) is 1. The fourth-order valence-electron chi connectivity index (χ4n) is 6.16. The number of hydrogen-bond acceptors (Lipinski definition) is 7. The summed E-state index contributed by atoms with van der Waals surface area (Å²) in [6.45, 7) is 1.55. The standard InChI is InChI=1S/C27H34N8O2/c1-32(2)26(37)22-12-18-14-29-27(31-24(18)35(22)19-6-4-5-7-19)30-23-11-8-17(13-28-23)25(36)34-15-20-9-10-21(16-34)33(20)3/h8,11-14,19-21H,4-7,9-10,15-16H2,1-3H3,(H,28,29,30,31)/t20-,21?/m1/s1. The van der Waals surface area contributed by atoms with Gasteiger partial charge in [0.1, 0.15) is 17.2 Å². The summed E-state index contributed by atoms with van der Waals surface area (Å²) < 4.78 is 2.09. The Morgan fingerprint density at radius 2 is 1.70 bits per heavy atom. The molecule has 1 aliphatic carbocycles. The van der Waals surface area contributed by atoms with Gasteiger partial charge in [0, 0.05) is 63.1 Å². The summed E-state index contributed by atoms with van der Waals surface area (Å²) in [5.41, 5.74) is 2.00. The van der Waals surface area contributed by atoms with Crippen LogP contribution in [0.2, 0.25) is 0 Å². The van der Waals surface area contributed by atoms with Crippen molar-refractivity contribution in [2.75, 3.05) is 39.5 Å². The Bertz CT molecular complexity index is 1310. The highest BCUT2D eigenvalue weighted by Gasteiger charge is 2.39. The topological polar surface area (TPSA) is 99.5 Å². The molecule has 0 radical (unpaired) electrons. The lowest BCUT2D eigenvalue weighted by atomic mass is 10.1. The molecule has 6 rings (SSSR count). The van der Waals surface area contributed by atoms with Gasteiger partial charge in [0.25, 0.3) is 11.8 Å². The molecule has 3 fully saturated rings. The predicted octanol–water partition coefficient (Wildman–Crippen LogP) is 3.31. The van der Waals surface area contributed by atoms with Crippen LogP contribution in [0, 0.1) is 0 Å². The van der Waals surface area contributed by atoms with Crippen LogP contribution < -0.4 is 5.32 Å². The molecule has 1 N–H and O–H groups in total. The van der Waals surface area contributed by atoms with Crippen LogP contribution in [0.3, 0.4) is 0 Å². The number of nitrogens with one attached hydrogen (secondary N) is 1. The van der Waals surface area contributed by atoms with Crippen LogP contribution in [0.5, 0.6) is 0 Å². The van der Waals surface area contributed by atoms with E-state index in [1.807, 2.05) is 17.0 Å². The molecule has 2 atom stereocenters. The summed E-state index contributed by atoms with van der Waals surface area (Å²) in [4.78, 5) is 45.7. The van der Waals surface area contributed by atoms with Crippen LogP contribution in [-0.2, 0) is 0 Å². The number of aromatic nitrogens is 4. The van der Waals surface area contributed by atoms with Gasteiger partial charge in [-0.05, 0) is 50.9 Å². The summed E-state index contributed by atoms with van der Waals surface area (Å²) in [7, 11) is 5.70. The van der Waals surface area contributed by atoms with Gasteiger partial charge in [-0.2, -0.15) is 4.98 Å². The molecule has 2 bridgehead atoms. The molecule has 10 nitrogen and oxygen atoms in total. The van der Waals surface area contributed by atoms with E-state index in [0.29, 0.717) is 35.1 Å². The molecule has 2 aliphatic heterocycles. The molecule has 0 spiro atoms. The van der Waals surface area contributed by atoms with Crippen LogP contribution in [-0.4, -0.2) is 92.3 Å². The molecule has 1 saturated carbocycles. The zero-order valence-electron chi connectivity index (χ0n) is 21.7. The van der Waals surface area contributed by atoms with Gasteiger partial charge in [-0.1, -0.05) is 12.8 Å². The third kappa shape index (κ3) is 4.33. The van der Waals surface area contributed by atoms with Crippen molar-refractivity contribution in [1.82, 2.24) is 34.2 Å². The smallest absolute Gasteiger partial charge is 0.270 e. The van der Waals surface area contributed by atoms with Crippen molar-refractivity contribution < 1.29 is 9.59 Å². The zero-order chi connectivity index (χ0) is 25.7.